The number of anilines is 2. The Hall–Kier alpha value is -1.22. The molecule has 0 bridgehead atoms. The number of amides is 1. The first-order valence-electron chi connectivity index (χ1n) is 6.95. The van der Waals surface area contributed by atoms with Crippen molar-refractivity contribution in [2.45, 2.75) is 32.6 Å². The zero-order chi connectivity index (χ0) is 13.5. The van der Waals surface area contributed by atoms with Crippen molar-refractivity contribution in [3.05, 3.63) is 23.2 Å². The van der Waals surface area contributed by atoms with E-state index in [0.717, 1.165) is 43.0 Å². The maximum absolute atomic E-state index is 12.6. The van der Waals surface area contributed by atoms with Crippen molar-refractivity contribution in [1.29, 1.82) is 0 Å². The van der Waals surface area contributed by atoms with Gasteiger partial charge in [-0.15, -0.1) is 0 Å². The van der Waals surface area contributed by atoms with Gasteiger partial charge in [-0.3, -0.25) is 4.79 Å². The fourth-order valence-electron chi connectivity index (χ4n) is 3.12. The second-order valence-electron chi connectivity index (χ2n) is 5.93. The molecule has 4 heteroatoms. The van der Waals surface area contributed by atoms with E-state index in [9.17, 15) is 4.79 Å². The highest BCUT2D eigenvalue weighted by Crippen LogP contribution is 2.43. The van der Waals surface area contributed by atoms with Gasteiger partial charge in [0.15, 0.2) is 0 Å². The van der Waals surface area contributed by atoms with Crippen LogP contribution in [0.25, 0.3) is 0 Å². The number of rotatable bonds is 0. The first kappa shape index (κ1) is 12.8. The summed E-state index contributed by atoms with van der Waals surface area (Å²) in [6, 6.07) is 5.61. The summed E-state index contributed by atoms with van der Waals surface area (Å²) < 4.78 is 0. The zero-order valence-electron chi connectivity index (χ0n) is 11.1. The monoisotopic (exact) mass is 278 g/mol. The number of para-hydroxylation sites is 1. The summed E-state index contributed by atoms with van der Waals surface area (Å²) in [6.45, 7) is 2.95. The fraction of sp³-hybridized carbons (Fsp3) is 0.533. The molecule has 1 fully saturated rings. The molecular weight excluding hydrogens is 260 g/mol. The Kier molecular flexibility index (Phi) is 3.17. The highest BCUT2D eigenvalue weighted by Gasteiger charge is 2.42. The number of nitrogens with one attached hydrogen (secondary N) is 2. The van der Waals surface area contributed by atoms with E-state index in [1.807, 2.05) is 18.2 Å². The molecule has 1 aliphatic carbocycles. The molecule has 0 unspecified atom stereocenters. The lowest BCUT2D eigenvalue weighted by molar-refractivity contribution is -0.126. The molecule has 1 aliphatic heterocycles. The normalized spacial score (nSPS) is 30.2. The third-order valence-electron chi connectivity index (χ3n) is 4.58. The predicted octanol–water partition coefficient (Wildman–Crippen LogP) is 3.90. The van der Waals surface area contributed by atoms with E-state index in [2.05, 4.69) is 17.6 Å². The summed E-state index contributed by atoms with van der Waals surface area (Å²) in [4.78, 5) is 12.6. The van der Waals surface area contributed by atoms with Gasteiger partial charge in [0.05, 0.1) is 21.8 Å². The highest BCUT2D eigenvalue weighted by molar-refractivity contribution is 6.34. The molecule has 102 valence electrons. The Bertz CT molecular complexity index is 507. The van der Waals surface area contributed by atoms with Crippen molar-refractivity contribution in [2.75, 3.05) is 17.2 Å². The predicted molar refractivity (Wildman–Crippen MR) is 78.6 cm³/mol. The van der Waals surface area contributed by atoms with Crippen molar-refractivity contribution in [1.82, 2.24) is 0 Å². The molecule has 2 N–H and O–H groups in total. The summed E-state index contributed by atoms with van der Waals surface area (Å²) in [5.74, 6) is 0.876. The van der Waals surface area contributed by atoms with Crippen LogP contribution in [0.2, 0.25) is 5.02 Å². The van der Waals surface area contributed by atoms with Gasteiger partial charge in [0.25, 0.3) is 0 Å². The van der Waals surface area contributed by atoms with Gasteiger partial charge >= 0.3 is 0 Å². The maximum Gasteiger partial charge on any atom is 0.232 e. The minimum atomic E-state index is -0.269. The number of hydrogen-bond acceptors (Lipinski definition) is 2. The molecule has 0 aromatic heterocycles. The first-order chi connectivity index (χ1) is 9.11. The van der Waals surface area contributed by atoms with E-state index in [0.29, 0.717) is 11.6 Å². The Morgan fingerprint density at radius 1 is 1.32 bits per heavy atom. The number of carbonyl (C=O) groups is 1. The van der Waals surface area contributed by atoms with Crippen LogP contribution in [0, 0.1) is 11.3 Å². The van der Waals surface area contributed by atoms with Gasteiger partial charge in [-0.05, 0) is 43.7 Å². The Labute approximate surface area is 118 Å². The van der Waals surface area contributed by atoms with Crippen LogP contribution in [0.15, 0.2) is 18.2 Å². The van der Waals surface area contributed by atoms with Crippen LogP contribution in [0.4, 0.5) is 11.4 Å². The average Bonchev–Trinajstić information content (AvgIpc) is 2.53. The second kappa shape index (κ2) is 4.71. The van der Waals surface area contributed by atoms with Gasteiger partial charge in [-0.1, -0.05) is 24.6 Å². The van der Waals surface area contributed by atoms with Gasteiger partial charge in [0.2, 0.25) is 5.91 Å². The van der Waals surface area contributed by atoms with Crippen LogP contribution in [0.1, 0.15) is 32.6 Å². The lowest BCUT2D eigenvalue weighted by Gasteiger charge is -2.36. The summed E-state index contributed by atoms with van der Waals surface area (Å²) >= 11 is 6.20. The Balaban J connectivity index is 1.90. The average molecular weight is 279 g/mol. The van der Waals surface area contributed by atoms with E-state index < -0.39 is 0 Å². The molecule has 1 saturated carbocycles. The minimum absolute atomic E-state index is 0.146. The van der Waals surface area contributed by atoms with E-state index >= 15 is 0 Å². The molecule has 1 spiro atoms. The maximum atomic E-state index is 12.6. The van der Waals surface area contributed by atoms with E-state index in [-0.39, 0.29) is 11.3 Å². The number of carbonyl (C=O) groups excluding carboxylic acids is 1. The lowest BCUT2D eigenvalue weighted by Crippen LogP contribution is -2.42. The zero-order valence-corrected chi connectivity index (χ0v) is 11.9. The van der Waals surface area contributed by atoms with Crippen LogP contribution in [-0.4, -0.2) is 12.5 Å². The lowest BCUT2D eigenvalue weighted by atomic mass is 9.70. The van der Waals surface area contributed by atoms with E-state index in [1.165, 1.54) is 0 Å². The third kappa shape index (κ3) is 2.20. The molecule has 1 amide bonds. The van der Waals surface area contributed by atoms with Crippen molar-refractivity contribution in [2.24, 2.45) is 11.3 Å². The number of halogens is 1. The summed E-state index contributed by atoms with van der Waals surface area (Å²) in [6.07, 6.45) is 4.16. The standard InChI is InChI=1S/C15H19ClN2O/c1-10-5-7-15(8-6-10)9-17-13-11(16)3-2-4-12(13)18-14(15)19/h2-4,10,17H,5-9H2,1H3,(H,18,19). The molecule has 3 rings (SSSR count). The van der Waals surface area contributed by atoms with E-state index in [4.69, 9.17) is 11.6 Å². The molecule has 0 radical (unpaired) electrons. The van der Waals surface area contributed by atoms with Crippen LogP contribution in [0.5, 0.6) is 0 Å². The minimum Gasteiger partial charge on any atom is -0.381 e. The summed E-state index contributed by atoms with van der Waals surface area (Å²) in [7, 11) is 0. The molecule has 1 aromatic carbocycles. The van der Waals surface area contributed by atoms with Crippen LogP contribution >= 0.6 is 11.6 Å². The third-order valence-corrected chi connectivity index (χ3v) is 4.89. The SMILES string of the molecule is CC1CCC2(CC1)CNc1c(Cl)cccc1NC2=O. The van der Waals surface area contributed by atoms with Gasteiger partial charge in [0, 0.05) is 6.54 Å². The number of fused-ring (bicyclic) bond motifs is 1. The number of hydrogen-bond donors (Lipinski definition) is 2. The summed E-state index contributed by atoms with van der Waals surface area (Å²) in [5.41, 5.74) is 1.38. The smallest absolute Gasteiger partial charge is 0.232 e. The second-order valence-corrected chi connectivity index (χ2v) is 6.34. The van der Waals surface area contributed by atoms with Crippen LogP contribution < -0.4 is 10.6 Å². The molecule has 0 atom stereocenters. The molecule has 1 heterocycles. The first-order valence-corrected chi connectivity index (χ1v) is 7.32. The Morgan fingerprint density at radius 2 is 2.05 bits per heavy atom. The molecule has 19 heavy (non-hydrogen) atoms. The van der Waals surface area contributed by atoms with Crippen molar-refractivity contribution < 1.29 is 4.79 Å². The fourth-order valence-corrected chi connectivity index (χ4v) is 3.36. The van der Waals surface area contributed by atoms with Crippen molar-refractivity contribution >= 4 is 28.9 Å². The van der Waals surface area contributed by atoms with Crippen molar-refractivity contribution in [3.63, 3.8) is 0 Å². The van der Waals surface area contributed by atoms with Gasteiger partial charge in [-0.25, -0.2) is 0 Å². The highest BCUT2D eigenvalue weighted by atomic mass is 35.5. The molecule has 2 aliphatic rings. The summed E-state index contributed by atoms with van der Waals surface area (Å²) in [5, 5.41) is 7.10. The van der Waals surface area contributed by atoms with Gasteiger partial charge in [-0.2, -0.15) is 0 Å². The van der Waals surface area contributed by atoms with Crippen LogP contribution in [0.3, 0.4) is 0 Å². The topological polar surface area (TPSA) is 41.1 Å². The van der Waals surface area contributed by atoms with Crippen LogP contribution in [-0.2, 0) is 4.79 Å². The quantitative estimate of drug-likeness (QED) is 0.756. The largest absolute Gasteiger partial charge is 0.381 e. The van der Waals surface area contributed by atoms with Gasteiger partial charge < -0.3 is 10.6 Å². The van der Waals surface area contributed by atoms with Gasteiger partial charge in [0.1, 0.15) is 0 Å². The Morgan fingerprint density at radius 3 is 2.79 bits per heavy atom. The van der Waals surface area contributed by atoms with E-state index in [1.54, 1.807) is 0 Å². The molecular formula is C15H19ClN2O. The number of benzene rings is 1. The molecule has 3 nitrogen and oxygen atoms in total. The molecule has 1 aromatic rings. The molecule has 0 saturated heterocycles. The van der Waals surface area contributed by atoms with Crippen molar-refractivity contribution in [3.8, 4) is 0 Å².